The maximum Gasteiger partial charge on any atom is 0.264 e. The molecule has 0 amide bonds. The number of nitrogens with one attached hydrogen (secondary N) is 1. The van der Waals surface area contributed by atoms with E-state index in [4.69, 9.17) is 16.3 Å². The average Bonchev–Trinajstić information content (AvgIpc) is 3.11. The van der Waals surface area contributed by atoms with Gasteiger partial charge >= 0.3 is 0 Å². The number of halogens is 1. The summed E-state index contributed by atoms with van der Waals surface area (Å²) in [6.45, 7) is 2.56. The van der Waals surface area contributed by atoms with E-state index in [0.29, 0.717) is 48.0 Å². The van der Waals surface area contributed by atoms with Gasteiger partial charge < -0.3 is 9.64 Å². The SMILES string of the molecule is O=S(=O)(Nc1cc(Cl)ccc1N1CCOCC1)c1cccc2nsnc12. The van der Waals surface area contributed by atoms with Crippen LogP contribution in [-0.2, 0) is 14.8 Å². The quantitative estimate of drug-likeness (QED) is 0.711. The van der Waals surface area contributed by atoms with E-state index in [2.05, 4.69) is 18.4 Å². The Morgan fingerprint density at radius 1 is 1.15 bits per heavy atom. The third-order valence-corrected chi connectivity index (χ3v) is 6.27. The van der Waals surface area contributed by atoms with E-state index < -0.39 is 10.0 Å². The van der Waals surface area contributed by atoms with Crippen LogP contribution in [0.25, 0.3) is 11.0 Å². The lowest BCUT2D eigenvalue weighted by molar-refractivity contribution is 0.123. The summed E-state index contributed by atoms with van der Waals surface area (Å²) >= 11 is 7.09. The van der Waals surface area contributed by atoms with Crippen molar-refractivity contribution >= 4 is 55.8 Å². The van der Waals surface area contributed by atoms with E-state index in [0.717, 1.165) is 17.4 Å². The number of fused-ring (bicyclic) bond motifs is 1. The van der Waals surface area contributed by atoms with E-state index in [1.54, 1.807) is 24.3 Å². The smallest absolute Gasteiger partial charge is 0.264 e. The molecule has 2 aromatic carbocycles. The van der Waals surface area contributed by atoms with Gasteiger partial charge in [-0.25, -0.2) is 8.42 Å². The zero-order valence-electron chi connectivity index (χ0n) is 13.6. The predicted molar refractivity (Wildman–Crippen MR) is 103 cm³/mol. The monoisotopic (exact) mass is 410 g/mol. The molecule has 1 aliphatic rings. The fraction of sp³-hybridized carbons (Fsp3) is 0.250. The zero-order chi connectivity index (χ0) is 18.1. The van der Waals surface area contributed by atoms with Crippen LogP contribution in [0.3, 0.4) is 0 Å². The van der Waals surface area contributed by atoms with E-state index >= 15 is 0 Å². The molecule has 1 aliphatic heterocycles. The lowest BCUT2D eigenvalue weighted by Gasteiger charge is -2.30. The molecule has 1 N–H and O–H groups in total. The molecule has 0 spiro atoms. The number of nitrogens with zero attached hydrogens (tertiary/aromatic N) is 3. The van der Waals surface area contributed by atoms with Gasteiger partial charge in [-0.2, -0.15) is 8.75 Å². The van der Waals surface area contributed by atoms with Gasteiger partial charge in [-0.15, -0.1) is 0 Å². The van der Waals surface area contributed by atoms with Gasteiger partial charge in [0, 0.05) is 18.1 Å². The van der Waals surface area contributed by atoms with E-state index in [9.17, 15) is 8.42 Å². The lowest BCUT2D eigenvalue weighted by Crippen LogP contribution is -2.36. The largest absolute Gasteiger partial charge is 0.378 e. The molecule has 3 aromatic rings. The van der Waals surface area contributed by atoms with Crippen molar-refractivity contribution in [1.82, 2.24) is 8.75 Å². The summed E-state index contributed by atoms with van der Waals surface area (Å²) in [4.78, 5) is 2.17. The minimum absolute atomic E-state index is 0.0941. The number of ether oxygens (including phenoxy) is 1. The van der Waals surface area contributed by atoms with E-state index in [1.807, 2.05) is 6.07 Å². The molecule has 0 bridgehead atoms. The number of hydrogen-bond donors (Lipinski definition) is 1. The van der Waals surface area contributed by atoms with Crippen molar-refractivity contribution in [2.75, 3.05) is 35.9 Å². The average molecular weight is 411 g/mol. The summed E-state index contributed by atoms with van der Waals surface area (Å²) in [5.74, 6) is 0. The first-order chi connectivity index (χ1) is 12.5. The van der Waals surface area contributed by atoms with E-state index in [-0.39, 0.29) is 4.90 Å². The fourth-order valence-electron chi connectivity index (χ4n) is 2.87. The van der Waals surface area contributed by atoms with Gasteiger partial charge in [0.25, 0.3) is 10.0 Å². The second kappa shape index (κ2) is 6.99. The summed E-state index contributed by atoms with van der Waals surface area (Å²) in [7, 11) is -3.85. The lowest BCUT2D eigenvalue weighted by atomic mass is 10.2. The van der Waals surface area contributed by atoms with Crippen LogP contribution in [-0.4, -0.2) is 43.5 Å². The van der Waals surface area contributed by atoms with Crippen LogP contribution in [0.2, 0.25) is 5.02 Å². The molecule has 0 unspecified atom stereocenters. The zero-order valence-corrected chi connectivity index (χ0v) is 15.9. The molecule has 2 heterocycles. The highest BCUT2D eigenvalue weighted by atomic mass is 35.5. The molecule has 7 nitrogen and oxygen atoms in total. The number of anilines is 2. The highest BCUT2D eigenvalue weighted by molar-refractivity contribution is 7.93. The molecule has 1 saturated heterocycles. The molecule has 26 heavy (non-hydrogen) atoms. The van der Waals surface area contributed by atoms with Crippen molar-refractivity contribution in [2.45, 2.75) is 4.90 Å². The molecule has 1 fully saturated rings. The summed E-state index contributed by atoms with van der Waals surface area (Å²) in [5.41, 5.74) is 2.11. The maximum atomic E-state index is 13.0. The molecular weight excluding hydrogens is 396 g/mol. The minimum Gasteiger partial charge on any atom is -0.378 e. The Bertz CT molecular complexity index is 1050. The number of benzene rings is 2. The van der Waals surface area contributed by atoms with Gasteiger partial charge in [-0.05, 0) is 30.3 Å². The van der Waals surface area contributed by atoms with Crippen molar-refractivity contribution in [3.05, 3.63) is 41.4 Å². The summed E-state index contributed by atoms with van der Waals surface area (Å²) < 4.78 is 42.3. The Morgan fingerprint density at radius 2 is 1.96 bits per heavy atom. The Morgan fingerprint density at radius 3 is 2.77 bits per heavy atom. The first-order valence-electron chi connectivity index (χ1n) is 7.91. The molecular formula is C16H15ClN4O3S2. The van der Waals surface area contributed by atoms with Crippen molar-refractivity contribution in [2.24, 2.45) is 0 Å². The van der Waals surface area contributed by atoms with Crippen molar-refractivity contribution in [3.63, 3.8) is 0 Å². The summed E-state index contributed by atoms with van der Waals surface area (Å²) in [6.07, 6.45) is 0. The highest BCUT2D eigenvalue weighted by Gasteiger charge is 2.23. The van der Waals surface area contributed by atoms with Gasteiger partial charge in [-0.3, -0.25) is 4.72 Å². The van der Waals surface area contributed by atoms with Gasteiger partial charge in [0.1, 0.15) is 15.9 Å². The Labute approximate surface area is 159 Å². The Balaban J connectivity index is 1.74. The number of morpholine rings is 1. The Hall–Kier alpha value is -1.94. The van der Waals surface area contributed by atoms with Gasteiger partial charge in [0.2, 0.25) is 0 Å². The van der Waals surface area contributed by atoms with Crippen LogP contribution in [0.4, 0.5) is 11.4 Å². The van der Waals surface area contributed by atoms with Crippen molar-refractivity contribution in [3.8, 4) is 0 Å². The standard InChI is InChI=1S/C16H15ClN4O3S2/c17-11-4-5-14(21-6-8-24-9-7-21)13(10-11)20-26(22,23)15-3-1-2-12-16(15)19-25-18-12/h1-5,10,20H,6-9H2. The minimum atomic E-state index is -3.85. The molecule has 0 aliphatic carbocycles. The summed E-state index contributed by atoms with van der Waals surface area (Å²) in [5, 5.41) is 0.452. The highest BCUT2D eigenvalue weighted by Crippen LogP contribution is 2.32. The molecule has 10 heteroatoms. The fourth-order valence-corrected chi connectivity index (χ4v) is 4.87. The van der Waals surface area contributed by atoms with E-state index in [1.165, 1.54) is 6.07 Å². The van der Waals surface area contributed by atoms with Gasteiger partial charge in [0.05, 0.1) is 36.3 Å². The second-order valence-electron chi connectivity index (χ2n) is 5.75. The number of aromatic nitrogens is 2. The van der Waals surface area contributed by atoms with Gasteiger partial charge in [-0.1, -0.05) is 17.7 Å². The number of sulfonamides is 1. The van der Waals surface area contributed by atoms with Crippen molar-refractivity contribution < 1.29 is 13.2 Å². The number of hydrogen-bond acceptors (Lipinski definition) is 7. The number of rotatable bonds is 4. The molecule has 0 radical (unpaired) electrons. The molecule has 4 rings (SSSR count). The van der Waals surface area contributed by atoms with Crippen LogP contribution < -0.4 is 9.62 Å². The molecule has 1 aromatic heterocycles. The van der Waals surface area contributed by atoms with Gasteiger partial charge in [0.15, 0.2) is 0 Å². The van der Waals surface area contributed by atoms with Crippen LogP contribution >= 0.6 is 23.3 Å². The molecule has 0 saturated carbocycles. The topological polar surface area (TPSA) is 84.4 Å². The summed E-state index contributed by atoms with van der Waals surface area (Å²) in [6, 6.07) is 10.1. The second-order valence-corrected chi connectivity index (χ2v) is 8.37. The Kier molecular flexibility index (Phi) is 4.70. The first-order valence-corrected chi connectivity index (χ1v) is 10.5. The van der Waals surface area contributed by atoms with Crippen LogP contribution in [0.15, 0.2) is 41.3 Å². The van der Waals surface area contributed by atoms with Crippen LogP contribution in [0.5, 0.6) is 0 Å². The van der Waals surface area contributed by atoms with Crippen molar-refractivity contribution in [1.29, 1.82) is 0 Å². The molecule has 136 valence electrons. The third-order valence-electron chi connectivity index (χ3n) is 4.09. The van der Waals surface area contributed by atoms with Crippen LogP contribution in [0, 0.1) is 0 Å². The molecule has 0 atom stereocenters. The predicted octanol–water partition coefficient (Wildman–Crippen LogP) is 2.98. The normalized spacial score (nSPS) is 15.3. The maximum absolute atomic E-state index is 13.0. The third kappa shape index (κ3) is 3.35. The van der Waals surface area contributed by atoms with Crippen LogP contribution in [0.1, 0.15) is 0 Å². The first kappa shape index (κ1) is 17.5.